The molecule has 102 valence electrons. The predicted molar refractivity (Wildman–Crippen MR) is 80.3 cm³/mol. The standard InChI is InChI=1S/C15H27N3/c1-12(11-17(3)4)16-13(2)14-7-9-15(10-8-14)18(5)6/h7-10,12-13,16H,11H2,1-6H3. The molecule has 0 heterocycles. The van der Waals surface area contributed by atoms with Crippen molar-refractivity contribution in [3.63, 3.8) is 0 Å². The summed E-state index contributed by atoms with van der Waals surface area (Å²) in [6.45, 7) is 5.50. The van der Waals surface area contributed by atoms with Gasteiger partial charge in [-0.15, -0.1) is 0 Å². The van der Waals surface area contributed by atoms with E-state index in [4.69, 9.17) is 0 Å². The van der Waals surface area contributed by atoms with E-state index in [9.17, 15) is 0 Å². The van der Waals surface area contributed by atoms with Crippen LogP contribution in [-0.2, 0) is 0 Å². The van der Waals surface area contributed by atoms with Crippen LogP contribution in [-0.4, -0.2) is 45.7 Å². The lowest BCUT2D eigenvalue weighted by atomic mass is 10.1. The third-order valence-electron chi connectivity index (χ3n) is 3.08. The molecule has 0 aliphatic carbocycles. The summed E-state index contributed by atoms with van der Waals surface area (Å²) >= 11 is 0. The molecule has 3 nitrogen and oxygen atoms in total. The average Bonchev–Trinajstić information content (AvgIpc) is 2.27. The molecule has 0 radical (unpaired) electrons. The SMILES string of the molecule is CC(CN(C)C)NC(C)c1ccc(N(C)C)cc1. The maximum Gasteiger partial charge on any atom is 0.0361 e. The van der Waals surface area contributed by atoms with Gasteiger partial charge in [0, 0.05) is 38.4 Å². The van der Waals surface area contributed by atoms with Gasteiger partial charge in [0.2, 0.25) is 0 Å². The predicted octanol–water partition coefficient (Wildman–Crippen LogP) is 2.35. The van der Waals surface area contributed by atoms with Crippen molar-refractivity contribution in [3.8, 4) is 0 Å². The molecule has 1 aromatic carbocycles. The van der Waals surface area contributed by atoms with Crippen LogP contribution in [0.3, 0.4) is 0 Å². The first-order valence-electron chi connectivity index (χ1n) is 6.58. The summed E-state index contributed by atoms with van der Waals surface area (Å²) in [4.78, 5) is 4.33. The number of benzene rings is 1. The lowest BCUT2D eigenvalue weighted by Crippen LogP contribution is -2.37. The largest absolute Gasteiger partial charge is 0.378 e. The Morgan fingerprint density at radius 1 is 1.00 bits per heavy atom. The van der Waals surface area contributed by atoms with E-state index in [0.29, 0.717) is 12.1 Å². The molecule has 0 saturated carbocycles. The maximum absolute atomic E-state index is 3.62. The van der Waals surface area contributed by atoms with E-state index >= 15 is 0 Å². The fourth-order valence-electron chi connectivity index (χ4n) is 2.18. The van der Waals surface area contributed by atoms with Crippen molar-refractivity contribution in [1.29, 1.82) is 0 Å². The van der Waals surface area contributed by atoms with Gasteiger partial charge < -0.3 is 15.1 Å². The molecule has 0 aromatic heterocycles. The fourth-order valence-corrected chi connectivity index (χ4v) is 2.18. The summed E-state index contributed by atoms with van der Waals surface area (Å²) in [6.07, 6.45) is 0. The highest BCUT2D eigenvalue weighted by Gasteiger charge is 2.10. The van der Waals surface area contributed by atoms with Crippen molar-refractivity contribution in [2.24, 2.45) is 0 Å². The third-order valence-corrected chi connectivity index (χ3v) is 3.08. The zero-order valence-corrected chi connectivity index (χ0v) is 12.6. The molecule has 0 saturated heterocycles. The number of hydrogen-bond donors (Lipinski definition) is 1. The van der Waals surface area contributed by atoms with E-state index in [1.165, 1.54) is 11.3 Å². The first kappa shape index (κ1) is 15.0. The third kappa shape index (κ3) is 4.67. The van der Waals surface area contributed by atoms with Gasteiger partial charge in [-0.3, -0.25) is 0 Å². The molecule has 2 atom stereocenters. The molecule has 0 aliphatic rings. The molecule has 0 spiro atoms. The highest BCUT2D eigenvalue weighted by molar-refractivity contribution is 5.46. The van der Waals surface area contributed by atoms with Crippen molar-refractivity contribution < 1.29 is 0 Å². The molecule has 18 heavy (non-hydrogen) atoms. The zero-order chi connectivity index (χ0) is 13.7. The molecule has 0 bridgehead atoms. The smallest absolute Gasteiger partial charge is 0.0361 e. The monoisotopic (exact) mass is 249 g/mol. The first-order valence-corrected chi connectivity index (χ1v) is 6.58. The molecular formula is C15H27N3. The zero-order valence-electron chi connectivity index (χ0n) is 12.6. The molecule has 3 heteroatoms. The molecule has 1 N–H and O–H groups in total. The van der Waals surface area contributed by atoms with Crippen LogP contribution >= 0.6 is 0 Å². The Bertz CT molecular complexity index is 343. The van der Waals surface area contributed by atoms with E-state index in [0.717, 1.165) is 6.54 Å². The van der Waals surface area contributed by atoms with Gasteiger partial charge in [0.15, 0.2) is 0 Å². The van der Waals surface area contributed by atoms with Crippen molar-refractivity contribution in [2.45, 2.75) is 25.9 Å². The molecule has 0 fully saturated rings. The summed E-state index contributed by atoms with van der Waals surface area (Å²) in [5.74, 6) is 0. The Labute approximate surface area is 112 Å². The lowest BCUT2D eigenvalue weighted by molar-refractivity contribution is 0.334. The number of anilines is 1. The minimum absolute atomic E-state index is 0.385. The molecule has 0 amide bonds. The Morgan fingerprint density at radius 3 is 2.00 bits per heavy atom. The molecule has 2 unspecified atom stereocenters. The quantitative estimate of drug-likeness (QED) is 0.835. The number of nitrogens with one attached hydrogen (secondary N) is 1. The minimum atomic E-state index is 0.385. The second-order valence-electron chi connectivity index (χ2n) is 5.54. The van der Waals surface area contributed by atoms with Crippen LogP contribution in [0.5, 0.6) is 0 Å². The van der Waals surface area contributed by atoms with Gasteiger partial charge in [-0.1, -0.05) is 12.1 Å². The normalized spacial score (nSPS) is 14.6. The Kier molecular flexibility index (Phi) is 5.63. The van der Waals surface area contributed by atoms with Gasteiger partial charge in [0.05, 0.1) is 0 Å². The highest BCUT2D eigenvalue weighted by atomic mass is 15.1. The number of rotatable bonds is 6. The number of nitrogens with zero attached hydrogens (tertiary/aromatic N) is 2. The number of likely N-dealkylation sites (N-methyl/N-ethyl adjacent to an activating group) is 1. The van der Waals surface area contributed by atoms with Gasteiger partial charge in [0.1, 0.15) is 0 Å². The van der Waals surface area contributed by atoms with Gasteiger partial charge in [-0.25, -0.2) is 0 Å². The molecular weight excluding hydrogens is 222 g/mol. The Hall–Kier alpha value is -1.06. The van der Waals surface area contributed by atoms with Crippen LogP contribution < -0.4 is 10.2 Å². The van der Waals surface area contributed by atoms with E-state index < -0.39 is 0 Å². The van der Waals surface area contributed by atoms with Crippen LogP contribution in [0.15, 0.2) is 24.3 Å². The van der Waals surface area contributed by atoms with Crippen LogP contribution in [0.4, 0.5) is 5.69 Å². The van der Waals surface area contributed by atoms with Crippen molar-refractivity contribution in [1.82, 2.24) is 10.2 Å². The Morgan fingerprint density at radius 2 is 1.56 bits per heavy atom. The lowest BCUT2D eigenvalue weighted by Gasteiger charge is -2.23. The van der Waals surface area contributed by atoms with Gasteiger partial charge in [-0.2, -0.15) is 0 Å². The van der Waals surface area contributed by atoms with Crippen LogP contribution in [0.2, 0.25) is 0 Å². The summed E-state index contributed by atoms with van der Waals surface area (Å²) in [6, 6.07) is 9.62. The van der Waals surface area contributed by atoms with Gasteiger partial charge in [-0.05, 0) is 45.6 Å². The van der Waals surface area contributed by atoms with Crippen molar-refractivity contribution >= 4 is 5.69 Å². The van der Waals surface area contributed by atoms with E-state index in [-0.39, 0.29) is 0 Å². The molecule has 1 aromatic rings. The van der Waals surface area contributed by atoms with Crippen molar-refractivity contribution in [2.75, 3.05) is 39.6 Å². The van der Waals surface area contributed by atoms with Gasteiger partial charge in [0.25, 0.3) is 0 Å². The number of hydrogen-bond acceptors (Lipinski definition) is 3. The van der Waals surface area contributed by atoms with Crippen molar-refractivity contribution in [3.05, 3.63) is 29.8 Å². The maximum atomic E-state index is 3.62. The second-order valence-corrected chi connectivity index (χ2v) is 5.54. The van der Waals surface area contributed by atoms with Crippen LogP contribution in [0, 0.1) is 0 Å². The van der Waals surface area contributed by atoms with Gasteiger partial charge >= 0.3 is 0 Å². The summed E-state index contributed by atoms with van der Waals surface area (Å²) in [5.41, 5.74) is 2.58. The topological polar surface area (TPSA) is 18.5 Å². The second kappa shape index (κ2) is 6.76. The van der Waals surface area contributed by atoms with Crippen LogP contribution in [0.25, 0.3) is 0 Å². The first-order chi connectivity index (χ1) is 8.40. The Balaban J connectivity index is 2.58. The minimum Gasteiger partial charge on any atom is -0.378 e. The summed E-state index contributed by atoms with van der Waals surface area (Å²) in [5, 5.41) is 3.62. The fraction of sp³-hybridized carbons (Fsp3) is 0.600. The summed E-state index contributed by atoms with van der Waals surface area (Å²) < 4.78 is 0. The molecule has 0 aliphatic heterocycles. The molecule has 1 rings (SSSR count). The van der Waals surface area contributed by atoms with E-state index in [2.05, 4.69) is 81.4 Å². The summed E-state index contributed by atoms with van der Waals surface area (Å²) in [7, 11) is 8.34. The average molecular weight is 249 g/mol. The highest BCUT2D eigenvalue weighted by Crippen LogP contribution is 2.18. The van der Waals surface area contributed by atoms with Crippen LogP contribution in [0.1, 0.15) is 25.5 Å². The van der Waals surface area contributed by atoms with E-state index in [1.807, 2.05) is 0 Å². The van der Waals surface area contributed by atoms with E-state index in [1.54, 1.807) is 0 Å².